The van der Waals surface area contributed by atoms with Crippen molar-refractivity contribution in [2.45, 2.75) is 26.3 Å². The summed E-state index contributed by atoms with van der Waals surface area (Å²) in [5.74, 6) is 0.680. The minimum absolute atomic E-state index is 0.0916. The summed E-state index contributed by atoms with van der Waals surface area (Å²) in [6, 6.07) is 8.26. The van der Waals surface area contributed by atoms with Crippen molar-refractivity contribution in [3.63, 3.8) is 0 Å². The highest BCUT2D eigenvalue weighted by Gasteiger charge is 2.23. The van der Waals surface area contributed by atoms with Crippen LogP contribution in [0.15, 0.2) is 34.8 Å². The molecule has 0 aliphatic carbocycles. The molecule has 3 N–H and O–H groups in total. The summed E-state index contributed by atoms with van der Waals surface area (Å²) in [4.78, 5) is 23.8. The van der Waals surface area contributed by atoms with E-state index in [1.54, 1.807) is 5.51 Å². The van der Waals surface area contributed by atoms with E-state index < -0.39 is 0 Å². The van der Waals surface area contributed by atoms with E-state index in [2.05, 4.69) is 36.9 Å². The Labute approximate surface area is 180 Å². The molecule has 1 saturated heterocycles. The highest BCUT2D eigenvalue weighted by Crippen LogP contribution is 2.23. The summed E-state index contributed by atoms with van der Waals surface area (Å²) in [6.45, 7) is 7.51. The van der Waals surface area contributed by atoms with Gasteiger partial charge in [-0.15, -0.1) is 11.3 Å². The second-order valence-corrected chi connectivity index (χ2v) is 8.13. The molecule has 2 heterocycles. The summed E-state index contributed by atoms with van der Waals surface area (Å²) in [5, 5.41) is 10.4. The SMILES string of the molecule is CCNC(=NCCNC(=O)c1scnc1C)NC1CCN(c2cccc(Cl)c2)C1. The third-order valence-electron chi connectivity index (χ3n) is 4.67. The molecule has 0 bridgehead atoms. The van der Waals surface area contributed by atoms with E-state index in [1.165, 1.54) is 11.3 Å². The number of rotatable bonds is 7. The van der Waals surface area contributed by atoms with Crippen LogP contribution >= 0.6 is 22.9 Å². The molecule has 9 heteroatoms. The number of hydrogen-bond donors (Lipinski definition) is 3. The highest BCUT2D eigenvalue weighted by atomic mass is 35.5. The van der Waals surface area contributed by atoms with Gasteiger partial charge >= 0.3 is 0 Å². The molecule has 2 aromatic rings. The first-order chi connectivity index (χ1) is 14.1. The molecular formula is C20H27ClN6OS. The first-order valence-electron chi connectivity index (χ1n) is 9.80. The zero-order valence-corrected chi connectivity index (χ0v) is 18.3. The number of halogens is 1. The van der Waals surface area contributed by atoms with Gasteiger partial charge in [-0.2, -0.15) is 0 Å². The zero-order valence-electron chi connectivity index (χ0n) is 16.7. The van der Waals surface area contributed by atoms with Gasteiger partial charge in [-0.3, -0.25) is 9.79 Å². The number of amides is 1. The smallest absolute Gasteiger partial charge is 0.263 e. The number of nitrogens with one attached hydrogen (secondary N) is 3. The van der Waals surface area contributed by atoms with E-state index >= 15 is 0 Å². The molecule has 1 unspecified atom stereocenters. The first kappa shape index (κ1) is 21.4. The summed E-state index contributed by atoms with van der Waals surface area (Å²) in [6.07, 6.45) is 1.03. The number of guanidine groups is 1. The Morgan fingerprint density at radius 1 is 1.41 bits per heavy atom. The van der Waals surface area contributed by atoms with Gasteiger partial charge in [-0.1, -0.05) is 17.7 Å². The third-order valence-corrected chi connectivity index (χ3v) is 5.83. The van der Waals surface area contributed by atoms with E-state index in [9.17, 15) is 4.79 Å². The number of benzene rings is 1. The maximum Gasteiger partial charge on any atom is 0.263 e. The molecule has 1 atom stereocenters. The average molecular weight is 435 g/mol. The lowest BCUT2D eigenvalue weighted by atomic mass is 10.3. The number of aromatic nitrogens is 1. The van der Waals surface area contributed by atoms with Crippen LogP contribution < -0.4 is 20.9 Å². The molecule has 3 rings (SSSR count). The van der Waals surface area contributed by atoms with Crippen molar-refractivity contribution in [3.8, 4) is 0 Å². The number of thiazole rings is 1. The van der Waals surface area contributed by atoms with Gasteiger partial charge in [-0.05, 0) is 38.5 Å². The van der Waals surface area contributed by atoms with E-state index in [0.717, 1.165) is 48.4 Å². The van der Waals surface area contributed by atoms with Crippen LogP contribution in [0.1, 0.15) is 28.7 Å². The van der Waals surface area contributed by atoms with Crippen LogP contribution in [0, 0.1) is 6.92 Å². The number of nitrogens with zero attached hydrogens (tertiary/aromatic N) is 3. The van der Waals surface area contributed by atoms with Gasteiger partial charge in [0.05, 0.1) is 17.7 Å². The molecule has 1 amide bonds. The molecule has 1 aliphatic heterocycles. The van der Waals surface area contributed by atoms with Crippen molar-refractivity contribution < 1.29 is 4.79 Å². The van der Waals surface area contributed by atoms with Gasteiger partial charge < -0.3 is 20.9 Å². The number of aryl methyl sites for hydroxylation is 1. The van der Waals surface area contributed by atoms with E-state index in [-0.39, 0.29) is 5.91 Å². The van der Waals surface area contributed by atoms with Crippen molar-refractivity contribution >= 4 is 40.5 Å². The van der Waals surface area contributed by atoms with Gasteiger partial charge in [-0.25, -0.2) is 4.98 Å². The molecule has 0 radical (unpaired) electrons. The molecule has 1 aromatic heterocycles. The van der Waals surface area contributed by atoms with Gasteiger partial charge in [0.25, 0.3) is 5.91 Å². The lowest BCUT2D eigenvalue weighted by Crippen LogP contribution is -2.45. The largest absolute Gasteiger partial charge is 0.369 e. The maximum absolute atomic E-state index is 12.1. The van der Waals surface area contributed by atoms with Gasteiger partial charge in [0.1, 0.15) is 4.88 Å². The molecule has 156 valence electrons. The fraction of sp³-hybridized carbons (Fsp3) is 0.450. The first-order valence-corrected chi connectivity index (χ1v) is 11.1. The van der Waals surface area contributed by atoms with Crippen LogP contribution in [-0.4, -0.2) is 55.6 Å². The summed E-state index contributed by atoms with van der Waals surface area (Å²) in [5.41, 5.74) is 3.59. The highest BCUT2D eigenvalue weighted by molar-refractivity contribution is 7.11. The van der Waals surface area contributed by atoms with Crippen LogP contribution in [0.25, 0.3) is 0 Å². The summed E-state index contributed by atoms with van der Waals surface area (Å²) in [7, 11) is 0. The lowest BCUT2D eigenvalue weighted by Gasteiger charge is -2.20. The van der Waals surface area contributed by atoms with Crippen molar-refractivity contribution in [2.24, 2.45) is 4.99 Å². The van der Waals surface area contributed by atoms with Crippen LogP contribution in [0.2, 0.25) is 5.02 Å². The molecule has 7 nitrogen and oxygen atoms in total. The molecule has 1 aliphatic rings. The fourth-order valence-electron chi connectivity index (χ4n) is 3.24. The number of hydrogen-bond acceptors (Lipinski definition) is 5. The van der Waals surface area contributed by atoms with Crippen LogP contribution in [0.4, 0.5) is 5.69 Å². The van der Waals surface area contributed by atoms with Crippen molar-refractivity contribution in [1.82, 2.24) is 20.9 Å². The minimum atomic E-state index is -0.0916. The van der Waals surface area contributed by atoms with E-state index in [4.69, 9.17) is 11.6 Å². The Morgan fingerprint density at radius 2 is 2.28 bits per heavy atom. The van der Waals surface area contributed by atoms with Gasteiger partial charge in [0.2, 0.25) is 0 Å². The number of carbonyl (C=O) groups is 1. The maximum atomic E-state index is 12.1. The Morgan fingerprint density at radius 3 is 3.00 bits per heavy atom. The zero-order chi connectivity index (χ0) is 20.6. The van der Waals surface area contributed by atoms with E-state index in [1.807, 2.05) is 32.0 Å². The van der Waals surface area contributed by atoms with Gasteiger partial charge in [0, 0.05) is 42.9 Å². The molecular weight excluding hydrogens is 408 g/mol. The second kappa shape index (κ2) is 10.5. The minimum Gasteiger partial charge on any atom is -0.369 e. The quantitative estimate of drug-likeness (QED) is 0.354. The van der Waals surface area contributed by atoms with E-state index in [0.29, 0.717) is 24.0 Å². The number of aliphatic imine (C=N–C) groups is 1. The predicted molar refractivity (Wildman–Crippen MR) is 120 cm³/mol. The molecule has 1 fully saturated rings. The van der Waals surface area contributed by atoms with Crippen molar-refractivity contribution in [2.75, 3.05) is 37.6 Å². The normalized spacial score (nSPS) is 16.7. The van der Waals surface area contributed by atoms with Crippen LogP contribution in [0.5, 0.6) is 0 Å². The second-order valence-electron chi connectivity index (χ2n) is 6.84. The summed E-state index contributed by atoms with van der Waals surface area (Å²) >= 11 is 7.47. The lowest BCUT2D eigenvalue weighted by molar-refractivity contribution is 0.0958. The topological polar surface area (TPSA) is 81.6 Å². The van der Waals surface area contributed by atoms with Crippen molar-refractivity contribution in [1.29, 1.82) is 0 Å². The Hall–Kier alpha value is -2.32. The Balaban J connectivity index is 1.48. The average Bonchev–Trinajstić information content (AvgIpc) is 3.34. The predicted octanol–water partition coefficient (Wildman–Crippen LogP) is 2.67. The van der Waals surface area contributed by atoms with Gasteiger partial charge in [0.15, 0.2) is 5.96 Å². The van der Waals surface area contributed by atoms with Crippen LogP contribution in [-0.2, 0) is 0 Å². The standard InChI is InChI=1S/C20H27ClN6OS/c1-3-22-20(24-9-8-23-19(28)18-14(2)25-13-29-18)26-16-7-10-27(12-16)17-6-4-5-15(21)11-17/h4-6,11,13,16H,3,7-10,12H2,1-2H3,(H,23,28)(H2,22,24,26). The van der Waals surface area contributed by atoms with Crippen LogP contribution in [0.3, 0.4) is 0 Å². The number of carbonyl (C=O) groups excluding carboxylic acids is 1. The molecule has 1 aromatic carbocycles. The Kier molecular flexibility index (Phi) is 7.71. The molecule has 0 saturated carbocycles. The summed E-state index contributed by atoms with van der Waals surface area (Å²) < 4.78 is 0. The Bertz CT molecular complexity index is 855. The monoisotopic (exact) mass is 434 g/mol. The number of anilines is 1. The molecule has 29 heavy (non-hydrogen) atoms. The third kappa shape index (κ3) is 6.08. The van der Waals surface area contributed by atoms with Crippen molar-refractivity contribution in [3.05, 3.63) is 45.4 Å². The molecule has 0 spiro atoms. The fourth-order valence-corrected chi connectivity index (χ4v) is 4.14.